The summed E-state index contributed by atoms with van der Waals surface area (Å²) in [6.07, 6.45) is 0. The number of hydrogen-bond donors (Lipinski definition) is 1. The Morgan fingerprint density at radius 1 is 0.321 bits per heavy atom. The second-order valence-corrected chi connectivity index (χ2v) is 13.5. The van der Waals surface area contributed by atoms with Gasteiger partial charge in [0.15, 0.2) is 23.0 Å². The van der Waals surface area contributed by atoms with Gasteiger partial charge in [0.1, 0.15) is 0 Å². The van der Waals surface area contributed by atoms with Crippen LogP contribution in [-0.2, 0) is 0 Å². The van der Waals surface area contributed by atoms with Crippen molar-refractivity contribution < 1.29 is 9.47 Å². The maximum absolute atomic E-state index is 6.23. The van der Waals surface area contributed by atoms with Crippen LogP contribution >= 0.6 is 0 Å². The molecule has 0 spiro atoms. The summed E-state index contributed by atoms with van der Waals surface area (Å²) in [6, 6.07) is 63.8. The van der Waals surface area contributed by atoms with Crippen molar-refractivity contribution >= 4 is 55.9 Å². The second kappa shape index (κ2) is 11.7. The zero-order valence-electron chi connectivity index (χ0n) is 28.5. The molecule has 5 nitrogen and oxygen atoms in total. The van der Waals surface area contributed by atoms with Crippen LogP contribution in [0.1, 0.15) is 0 Å². The zero-order valence-corrected chi connectivity index (χ0v) is 28.5. The Morgan fingerprint density at radius 2 is 0.642 bits per heavy atom. The van der Waals surface area contributed by atoms with Crippen molar-refractivity contribution in [2.75, 3.05) is 9.80 Å². The highest BCUT2D eigenvalue weighted by Gasteiger charge is 2.26. The third kappa shape index (κ3) is 4.79. The quantitative estimate of drug-likeness (QED) is 0.201. The molecule has 0 saturated carbocycles. The van der Waals surface area contributed by atoms with Gasteiger partial charge in [0, 0.05) is 33.2 Å². The molecule has 0 fully saturated rings. The molecule has 9 aromatic rings. The lowest BCUT2D eigenvalue weighted by atomic mass is 9.99. The average Bonchev–Trinajstić information content (AvgIpc) is 3.59. The Labute approximate surface area is 306 Å². The number of ether oxygens (including phenoxy) is 2. The number of nitrogens with one attached hydrogen (secondary N) is 1. The molecule has 0 atom stereocenters. The summed E-state index contributed by atoms with van der Waals surface area (Å²) in [7, 11) is 0. The monoisotopic (exact) mass is 681 g/mol. The molecule has 8 aromatic carbocycles. The lowest BCUT2D eigenvalue weighted by Gasteiger charge is -2.32. The van der Waals surface area contributed by atoms with E-state index in [4.69, 9.17) is 9.47 Å². The molecule has 1 aromatic heterocycles. The van der Waals surface area contributed by atoms with Crippen LogP contribution in [0.15, 0.2) is 182 Å². The van der Waals surface area contributed by atoms with E-state index < -0.39 is 0 Å². The highest BCUT2D eigenvalue weighted by atomic mass is 16.5. The summed E-state index contributed by atoms with van der Waals surface area (Å²) < 4.78 is 12.5. The smallest absolute Gasteiger partial charge is 0.151 e. The first-order valence-electron chi connectivity index (χ1n) is 17.8. The van der Waals surface area contributed by atoms with Crippen molar-refractivity contribution in [1.82, 2.24) is 4.98 Å². The van der Waals surface area contributed by atoms with Crippen LogP contribution in [0, 0.1) is 0 Å². The first kappa shape index (κ1) is 29.5. The molecule has 250 valence electrons. The minimum Gasteiger partial charge on any atom is -0.453 e. The third-order valence-corrected chi connectivity index (χ3v) is 10.4. The van der Waals surface area contributed by atoms with Crippen molar-refractivity contribution in [3.8, 4) is 45.3 Å². The van der Waals surface area contributed by atoms with E-state index >= 15 is 0 Å². The molecule has 0 unspecified atom stereocenters. The molecular formula is C48H31N3O2. The van der Waals surface area contributed by atoms with Gasteiger partial charge in [0.25, 0.3) is 0 Å². The van der Waals surface area contributed by atoms with Crippen LogP contribution < -0.4 is 19.3 Å². The maximum atomic E-state index is 6.23. The Kier molecular flexibility index (Phi) is 6.48. The molecule has 2 aliphatic rings. The van der Waals surface area contributed by atoms with E-state index in [9.17, 15) is 0 Å². The molecule has 11 rings (SSSR count). The van der Waals surface area contributed by atoms with Crippen molar-refractivity contribution in [3.05, 3.63) is 182 Å². The van der Waals surface area contributed by atoms with Crippen LogP contribution in [0.3, 0.4) is 0 Å². The minimum atomic E-state index is 0.851. The largest absolute Gasteiger partial charge is 0.453 e. The summed E-state index contributed by atoms with van der Waals surface area (Å²) in [5, 5.41) is 2.41. The second-order valence-electron chi connectivity index (χ2n) is 13.5. The van der Waals surface area contributed by atoms with Gasteiger partial charge in [0.05, 0.1) is 22.7 Å². The van der Waals surface area contributed by atoms with Crippen LogP contribution in [0.5, 0.6) is 23.0 Å². The number of para-hydroxylation sites is 8. The molecule has 3 heterocycles. The number of hydrogen-bond acceptors (Lipinski definition) is 4. The number of rotatable bonds is 4. The van der Waals surface area contributed by atoms with Gasteiger partial charge in [-0.1, -0.05) is 84.9 Å². The number of H-pyrrole nitrogens is 1. The zero-order chi connectivity index (χ0) is 34.9. The van der Waals surface area contributed by atoms with Crippen molar-refractivity contribution in [2.45, 2.75) is 0 Å². The van der Waals surface area contributed by atoms with E-state index in [2.05, 4.69) is 148 Å². The number of aromatic nitrogens is 1. The van der Waals surface area contributed by atoms with E-state index in [1.807, 2.05) is 48.5 Å². The van der Waals surface area contributed by atoms with Crippen molar-refractivity contribution in [2.24, 2.45) is 0 Å². The Hall–Kier alpha value is -7.24. The molecule has 1 N–H and O–H groups in total. The molecule has 0 amide bonds. The van der Waals surface area contributed by atoms with Crippen LogP contribution in [0.4, 0.5) is 34.1 Å². The van der Waals surface area contributed by atoms with Gasteiger partial charge in [-0.2, -0.15) is 0 Å². The molecule has 0 radical (unpaired) electrons. The molecule has 0 aliphatic carbocycles. The highest BCUT2D eigenvalue weighted by molar-refractivity contribution is 6.10. The number of aromatic amines is 1. The fraction of sp³-hybridized carbons (Fsp3) is 0. The van der Waals surface area contributed by atoms with Crippen molar-refractivity contribution in [3.63, 3.8) is 0 Å². The van der Waals surface area contributed by atoms with Crippen LogP contribution in [-0.4, -0.2) is 4.98 Å². The first-order valence-corrected chi connectivity index (χ1v) is 17.8. The lowest BCUT2D eigenvalue weighted by Crippen LogP contribution is -2.15. The normalized spacial score (nSPS) is 12.8. The van der Waals surface area contributed by atoms with Crippen LogP contribution in [0.25, 0.3) is 44.1 Å². The SMILES string of the molecule is c1ccc2c(c1)Oc1ccccc1N2c1ccc(-c2ccc3[nH]c4ccc(-c5ccc(N6c7ccccc7Oc7ccccc76)cc5)cc4c3c2)cc1. The molecule has 53 heavy (non-hydrogen) atoms. The van der Waals surface area contributed by atoms with E-state index in [0.29, 0.717) is 0 Å². The van der Waals surface area contributed by atoms with E-state index in [1.165, 1.54) is 21.9 Å². The number of fused-ring (bicyclic) bond motifs is 7. The third-order valence-electron chi connectivity index (χ3n) is 10.4. The summed E-state index contributed by atoms with van der Waals surface area (Å²) in [6.45, 7) is 0. The number of anilines is 6. The van der Waals surface area contributed by atoms with Gasteiger partial charge < -0.3 is 24.3 Å². The molecule has 5 heteroatoms. The molecular weight excluding hydrogens is 651 g/mol. The number of nitrogens with zero attached hydrogens (tertiary/aromatic N) is 2. The predicted molar refractivity (Wildman–Crippen MR) is 216 cm³/mol. The summed E-state index contributed by atoms with van der Waals surface area (Å²) >= 11 is 0. The first-order chi connectivity index (χ1) is 26.2. The minimum absolute atomic E-state index is 0.851. The standard InChI is InChI=1S/C48H31N3O2/c1-5-13-45-41(9-1)50(42-10-2-6-14-46(42)52-45)35-23-17-31(18-24-35)33-21-27-39-37(29-33)38-30-34(22-28-40(38)49-39)32-19-25-36(26-20-32)51-43-11-3-7-15-47(43)53-48-16-8-4-12-44(48)51/h1-30,49H. The van der Waals surface area contributed by atoms with Gasteiger partial charge in [-0.25, -0.2) is 0 Å². The molecule has 0 bridgehead atoms. The summed E-state index contributed by atoms with van der Waals surface area (Å²) in [4.78, 5) is 8.18. The lowest BCUT2D eigenvalue weighted by molar-refractivity contribution is 0.477. The van der Waals surface area contributed by atoms with Crippen LogP contribution in [0.2, 0.25) is 0 Å². The van der Waals surface area contributed by atoms with Gasteiger partial charge in [-0.3, -0.25) is 0 Å². The predicted octanol–water partition coefficient (Wildman–Crippen LogP) is 13.8. The van der Waals surface area contributed by atoms with E-state index in [0.717, 1.165) is 79.3 Å². The summed E-state index contributed by atoms with van der Waals surface area (Å²) in [5.41, 5.74) is 13.2. The average molecular weight is 682 g/mol. The van der Waals surface area contributed by atoms with Gasteiger partial charge >= 0.3 is 0 Å². The molecule has 0 saturated heterocycles. The van der Waals surface area contributed by atoms with Gasteiger partial charge in [-0.15, -0.1) is 0 Å². The fourth-order valence-corrected chi connectivity index (χ4v) is 7.83. The Bertz CT molecular complexity index is 2570. The van der Waals surface area contributed by atoms with E-state index in [-0.39, 0.29) is 0 Å². The fourth-order valence-electron chi connectivity index (χ4n) is 7.83. The van der Waals surface area contributed by atoms with E-state index in [1.54, 1.807) is 0 Å². The Balaban J connectivity index is 0.926. The molecule has 2 aliphatic heterocycles. The number of benzene rings is 8. The highest BCUT2D eigenvalue weighted by Crippen LogP contribution is 2.51. The van der Waals surface area contributed by atoms with Gasteiger partial charge in [0.2, 0.25) is 0 Å². The Morgan fingerprint density at radius 3 is 1.00 bits per heavy atom. The maximum Gasteiger partial charge on any atom is 0.151 e. The van der Waals surface area contributed by atoms with Gasteiger partial charge in [-0.05, 0) is 119 Å². The summed E-state index contributed by atoms with van der Waals surface area (Å²) in [5.74, 6) is 3.40. The topological polar surface area (TPSA) is 40.7 Å². The van der Waals surface area contributed by atoms with Crippen molar-refractivity contribution in [1.29, 1.82) is 0 Å².